The van der Waals surface area contributed by atoms with Gasteiger partial charge in [0.25, 0.3) is 0 Å². The molecule has 2 fully saturated rings. The SMILES string of the molecule is O=C(C1CC(F)(F)C1)N1CCNCC1. The molecule has 1 amide bonds. The van der Waals surface area contributed by atoms with E-state index in [4.69, 9.17) is 0 Å². The molecule has 80 valence electrons. The van der Waals surface area contributed by atoms with Crippen molar-refractivity contribution in [3.05, 3.63) is 0 Å². The Balaban J connectivity index is 1.84. The summed E-state index contributed by atoms with van der Waals surface area (Å²) in [4.78, 5) is 13.3. The van der Waals surface area contributed by atoms with E-state index in [1.807, 2.05) is 0 Å². The van der Waals surface area contributed by atoms with Gasteiger partial charge in [0.05, 0.1) is 0 Å². The lowest BCUT2D eigenvalue weighted by molar-refractivity contribution is -0.160. The number of carbonyl (C=O) groups is 1. The summed E-state index contributed by atoms with van der Waals surface area (Å²) in [6, 6.07) is 0. The zero-order chi connectivity index (χ0) is 10.2. The Morgan fingerprint density at radius 1 is 1.29 bits per heavy atom. The lowest BCUT2D eigenvalue weighted by Gasteiger charge is -2.38. The highest BCUT2D eigenvalue weighted by molar-refractivity contribution is 5.80. The topological polar surface area (TPSA) is 32.3 Å². The Bertz CT molecular complexity index is 231. The average Bonchev–Trinajstić information content (AvgIpc) is 2.14. The Morgan fingerprint density at radius 3 is 2.36 bits per heavy atom. The van der Waals surface area contributed by atoms with Crippen LogP contribution in [0, 0.1) is 5.92 Å². The van der Waals surface area contributed by atoms with Gasteiger partial charge >= 0.3 is 0 Å². The number of amides is 1. The van der Waals surface area contributed by atoms with Crippen LogP contribution in [0.5, 0.6) is 0 Å². The van der Waals surface area contributed by atoms with E-state index < -0.39 is 11.8 Å². The van der Waals surface area contributed by atoms with Crippen LogP contribution < -0.4 is 5.32 Å². The molecule has 0 aromatic rings. The molecule has 2 rings (SSSR count). The number of alkyl halides is 2. The monoisotopic (exact) mass is 204 g/mol. The van der Waals surface area contributed by atoms with Crippen molar-refractivity contribution in [1.29, 1.82) is 0 Å². The van der Waals surface area contributed by atoms with Crippen LogP contribution in [0.2, 0.25) is 0 Å². The molecule has 1 saturated carbocycles. The summed E-state index contributed by atoms with van der Waals surface area (Å²) in [5, 5.41) is 3.12. The molecule has 0 radical (unpaired) electrons. The van der Waals surface area contributed by atoms with Crippen LogP contribution in [0.25, 0.3) is 0 Å². The van der Waals surface area contributed by atoms with Crippen LogP contribution in [0.1, 0.15) is 12.8 Å². The highest BCUT2D eigenvalue weighted by atomic mass is 19.3. The summed E-state index contributed by atoms with van der Waals surface area (Å²) < 4.78 is 25.1. The molecule has 1 N–H and O–H groups in total. The third kappa shape index (κ3) is 1.87. The molecule has 0 aromatic carbocycles. The van der Waals surface area contributed by atoms with E-state index in [0.717, 1.165) is 13.1 Å². The van der Waals surface area contributed by atoms with Crippen molar-refractivity contribution >= 4 is 5.91 Å². The molecule has 0 atom stereocenters. The summed E-state index contributed by atoms with van der Waals surface area (Å²) in [7, 11) is 0. The number of hydrogen-bond donors (Lipinski definition) is 1. The number of hydrogen-bond acceptors (Lipinski definition) is 2. The fraction of sp³-hybridized carbons (Fsp3) is 0.889. The highest BCUT2D eigenvalue weighted by Gasteiger charge is 2.49. The van der Waals surface area contributed by atoms with Crippen molar-refractivity contribution in [1.82, 2.24) is 10.2 Å². The molecule has 1 aliphatic carbocycles. The fourth-order valence-corrected chi connectivity index (χ4v) is 1.98. The molecular formula is C9H14F2N2O. The van der Waals surface area contributed by atoms with Crippen LogP contribution in [0.15, 0.2) is 0 Å². The molecule has 3 nitrogen and oxygen atoms in total. The summed E-state index contributed by atoms with van der Waals surface area (Å²) in [6.07, 6.45) is -0.508. The summed E-state index contributed by atoms with van der Waals surface area (Å²) >= 11 is 0. The maximum atomic E-state index is 12.5. The number of nitrogens with zero attached hydrogens (tertiary/aromatic N) is 1. The van der Waals surface area contributed by atoms with Crippen molar-refractivity contribution in [2.45, 2.75) is 18.8 Å². The van der Waals surface area contributed by atoms with Crippen molar-refractivity contribution in [2.24, 2.45) is 5.92 Å². The van der Waals surface area contributed by atoms with Gasteiger partial charge in [0.1, 0.15) is 0 Å². The molecule has 0 spiro atoms. The first-order valence-electron chi connectivity index (χ1n) is 4.96. The first-order valence-corrected chi connectivity index (χ1v) is 4.96. The molecular weight excluding hydrogens is 190 g/mol. The molecule has 0 aromatic heterocycles. The van der Waals surface area contributed by atoms with E-state index in [-0.39, 0.29) is 18.7 Å². The van der Waals surface area contributed by atoms with Gasteiger partial charge < -0.3 is 10.2 Å². The summed E-state index contributed by atoms with van der Waals surface area (Å²) in [5.41, 5.74) is 0. The first kappa shape index (κ1) is 9.83. The zero-order valence-electron chi connectivity index (χ0n) is 7.93. The number of halogens is 2. The second-order valence-electron chi connectivity index (χ2n) is 4.04. The molecule has 2 aliphatic rings. The van der Waals surface area contributed by atoms with Crippen LogP contribution in [-0.2, 0) is 4.79 Å². The van der Waals surface area contributed by atoms with Gasteiger partial charge in [0, 0.05) is 44.9 Å². The molecule has 0 unspecified atom stereocenters. The van der Waals surface area contributed by atoms with Crippen LogP contribution >= 0.6 is 0 Å². The van der Waals surface area contributed by atoms with E-state index in [0.29, 0.717) is 13.1 Å². The van der Waals surface area contributed by atoms with E-state index in [1.54, 1.807) is 4.90 Å². The van der Waals surface area contributed by atoms with Gasteiger partial charge in [-0.1, -0.05) is 0 Å². The van der Waals surface area contributed by atoms with Gasteiger partial charge in [-0.3, -0.25) is 4.79 Å². The summed E-state index contributed by atoms with van der Waals surface area (Å²) in [6.45, 7) is 2.85. The minimum Gasteiger partial charge on any atom is -0.340 e. The third-order valence-corrected chi connectivity index (χ3v) is 2.87. The van der Waals surface area contributed by atoms with Gasteiger partial charge in [-0.2, -0.15) is 0 Å². The van der Waals surface area contributed by atoms with Crippen molar-refractivity contribution < 1.29 is 13.6 Å². The van der Waals surface area contributed by atoms with Crippen molar-refractivity contribution in [3.63, 3.8) is 0 Å². The Kier molecular flexibility index (Phi) is 2.43. The predicted octanol–water partition coefficient (Wildman–Crippen LogP) is 0.464. The number of carbonyl (C=O) groups excluding carboxylic acids is 1. The van der Waals surface area contributed by atoms with E-state index >= 15 is 0 Å². The molecule has 5 heteroatoms. The number of rotatable bonds is 1. The van der Waals surface area contributed by atoms with Crippen LogP contribution in [0.4, 0.5) is 8.78 Å². The van der Waals surface area contributed by atoms with Gasteiger partial charge in [-0.25, -0.2) is 8.78 Å². The number of nitrogens with one attached hydrogen (secondary N) is 1. The van der Waals surface area contributed by atoms with E-state index in [9.17, 15) is 13.6 Å². The maximum absolute atomic E-state index is 12.5. The summed E-state index contributed by atoms with van der Waals surface area (Å²) in [5.74, 6) is -3.10. The Morgan fingerprint density at radius 2 is 1.86 bits per heavy atom. The molecule has 1 heterocycles. The van der Waals surface area contributed by atoms with E-state index in [1.165, 1.54) is 0 Å². The van der Waals surface area contributed by atoms with Crippen molar-refractivity contribution in [2.75, 3.05) is 26.2 Å². The molecule has 1 aliphatic heterocycles. The molecule has 1 saturated heterocycles. The van der Waals surface area contributed by atoms with Gasteiger partial charge in [0.2, 0.25) is 11.8 Å². The lowest BCUT2D eigenvalue weighted by Crippen LogP contribution is -2.52. The van der Waals surface area contributed by atoms with Crippen LogP contribution in [0.3, 0.4) is 0 Å². The largest absolute Gasteiger partial charge is 0.340 e. The quantitative estimate of drug-likeness (QED) is 0.673. The Hall–Kier alpha value is -0.710. The highest BCUT2D eigenvalue weighted by Crippen LogP contribution is 2.43. The van der Waals surface area contributed by atoms with Crippen LogP contribution in [-0.4, -0.2) is 42.9 Å². The van der Waals surface area contributed by atoms with Gasteiger partial charge in [-0.15, -0.1) is 0 Å². The molecule has 14 heavy (non-hydrogen) atoms. The number of piperazine rings is 1. The zero-order valence-corrected chi connectivity index (χ0v) is 7.93. The second-order valence-corrected chi connectivity index (χ2v) is 4.04. The second kappa shape index (κ2) is 3.46. The minimum atomic E-state index is -2.59. The molecule has 0 bridgehead atoms. The normalized spacial score (nSPS) is 27.1. The predicted molar refractivity (Wildman–Crippen MR) is 47.1 cm³/mol. The van der Waals surface area contributed by atoms with Gasteiger partial charge in [0.15, 0.2) is 0 Å². The van der Waals surface area contributed by atoms with Crippen molar-refractivity contribution in [3.8, 4) is 0 Å². The average molecular weight is 204 g/mol. The smallest absolute Gasteiger partial charge is 0.249 e. The van der Waals surface area contributed by atoms with Gasteiger partial charge in [-0.05, 0) is 0 Å². The third-order valence-electron chi connectivity index (χ3n) is 2.87. The van der Waals surface area contributed by atoms with E-state index in [2.05, 4.69) is 5.32 Å². The lowest BCUT2D eigenvalue weighted by atomic mass is 9.80. The Labute approximate surface area is 81.4 Å². The maximum Gasteiger partial charge on any atom is 0.249 e. The minimum absolute atomic E-state index is 0.0857. The standard InChI is InChI=1S/C9H14F2N2O/c10-9(11)5-7(6-9)8(14)13-3-1-12-2-4-13/h7,12H,1-6H2. The first-order chi connectivity index (χ1) is 6.58. The fourth-order valence-electron chi connectivity index (χ4n) is 1.98.